The number of benzene rings is 1. The van der Waals surface area contributed by atoms with Gasteiger partial charge in [0.2, 0.25) is 10.0 Å². The largest absolute Gasteiger partial charge is 0.284 e. The lowest BCUT2D eigenvalue weighted by Gasteiger charge is -2.09. The average Bonchev–Trinajstić information content (AvgIpc) is 2.29. The van der Waals surface area contributed by atoms with Crippen LogP contribution in [0.1, 0.15) is 25.8 Å². The number of nitrogens with one attached hydrogen (secondary N) is 1. The van der Waals surface area contributed by atoms with Crippen molar-refractivity contribution in [3.8, 4) is 6.07 Å². The van der Waals surface area contributed by atoms with E-state index < -0.39 is 15.8 Å². The minimum absolute atomic E-state index is 0.00390. The molecule has 0 spiro atoms. The van der Waals surface area contributed by atoms with Crippen LogP contribution in [0.3, 0.4) is 0 Å². The second-order valence-electron chi connectivity index (χ2n) is 4.41. The van der Waals surface area contributed by atoms with Gasteiger partial charge in [-0.15, -0.1) is 0 Å². The number of hydrogen-bond acceptors (Lipinski definition) is 3. The maximum atomic E-state index is 13.1. The van der Waals surface area contributed by atoms with Crippen molar-refractivity contribution in [2.24, 2.45) is 5.92 Å². The molecule has 0 aliphatic heterocycles. The van der Waals surface area contributed by atoms with Crippen LogP contribution in [0.25, 0.3) is 0 Å². The van der Waals surface area contributed by atoms with Gasteiger partial charge in [0.05, 0.1) is 11.3 Å². The Hall–Kier alpha value is -1.61. The van der Waals surface area contributed by atoms with Crippen LogP contribution in [-0.4, -0.2) is 14.2 Å². The first-order valence-corrected chi connectivity index (χ1v) is 7.19. The van der Waals surface area contributed by atoms with Gasteiger partial charge in [0, 0.05) is 5.69 Å². The third-order valence-corrected chi connectivity index (χ3v) is 3.64. The van der Waals surface area contributed by atoms with Crippen molar-refractivity contribution in [1.82, 2.24) is 0 Å². The molecule has 0 unspecified atom stereocenters. The topological polar surface area (TPSA) is 70.0 Å². The van der Waals surface area contributed by atoms with Gasteiger partial charge in [0.15, 0.2) is 0 Å². The highest BCUT2D eigenvalue weighted by Gasteiger charge is 2.12. The maximum absolute atomic E-state index is 13.1. The van der Waals surface area contributed by atoms with E-state index in [-0.39, 0.29) is 22.9 Å². The fourth-order valence-corrected chi connectivity index (χ4v) is 2.67. The Kier molecular flexibility index (Phi) is 4.68. The standard InChI is InChI=1S/C12H15FN2O2S/c1-9(2)5-6-18(16,17)15-11-3-4-12(13)10(7-11)8-14/h3-4,7,9,15H,5-6H2,1-2H3. The monoisotopic (exact) mass is 270 g/mol. The van der Waals surface area contributed by atoms with E-state index in [1.54, 1.807) is 6.07 Å². The summed E-state index contributed by atoms with van der Waals surface area (Å²) in [5.41, 5.74) is 0.0239. The van der Waals surface area contributed by atoms with E-state index in [9.17, 15) is 12.8 Å². The SMILES string of the molecule is CC(C)CCS(=O)(=O)Nc1ccc(F)c(C#N)c1. The van der Waals surface area contributed by atoms with E-state index >= 15 is 0 Å². The minimum atomic E-state index is -3.45. The van der Waals surface area contributed by atoms with Crippen LogP contribution in [0.4, 0.5) is 10.1 Å². The van der Waals surface area contributed by atoms with Crippen molar-refractivity contribution in [2.45, 2.75) is 20.3 Å². The van der Waals surface area contributed by atoms with Crippen molar-refractivity contribution in [1.29, 1.82) is 5.26 Å². The first kappa shape index (κ1) is 14.5. The molecule has 18 heavy (non-hydrogen) atoms. The lowest BCUT2D eigenvalue weighted by atomic mass is 10.2. The molecular weight excluding hydrogens is 255 g/mol. The van der Waals surface area contributed by atoms with Crippen LogP contribution in [0.15, 0.2) is 18.2 Å². The van der Waals surface area contributed by atoms with Gasteiger partial charge >= 0.3 is 0 Å². The van der Waals surface area contributed by atoms with Crippen molar-refractivity contribution in [3.63, 3.8) is 0 Å². The molecule has 0 heterocycles. The second-order valence-corrected chi connectivity index (χ2v) is 6.25. The van der Waals surface area contributed by atoms with Gasteiger partial charge in [-0.05, 0) is 30.5 Å². The van der Waals surface area contributed by atoms with Crippen molar-refractivity contribution < 1.29 is 12.8 Å². The third-order valence-electron chi connectivity index (χ3n) is 2.32. The maximum Gasteiger partial charge on any atom is 0.232 e. The lowest BCUT2D eigenvalue weighted by Crippen LogP contribution is -2.18. The van der Waals surface area contributed by atoms with Gasteiger partial charge in [-0.25, -0.2) is 12.8 Å². The first-order chi connectivity index (χ1) is 8.34. The highest BCUT2D eigenvalue weighted by Crippen LogP contribution is 2.16. The Labute approximate surface area is 106 Å². The lowest BCUT2D eigenvalue weighted by molar-refractivity contribution is 0.578. The molecule has 0 radical (unpaired) electrons. The molecule has 1 aromatic carbocycles. The quantitative estimate of drug-likeness (QED) is 0.893. The zero-order chi connectivity index (χ0) is 13.8. The first-order valence-electron chi connectivity index (χ1n) is 5.54. The number of sulfonamides is 1. The normalized spacial score (nSPS) is 11.3. The molecule has 0 amide bonds. The van der Waals surface area contributed by atoms with E-state index in [0.29, 0.717) is 6.42 Å². The van der Waals surface area contributed by atoms with Gasteiger partial charge in [-0.1, -0.05) is 13.8 Å². The van der Waals surface area contributed by atoms with Crippen LogP contribution in [-0.2, 0) is 10.0 Å². The Morgan fingerprint density at radius 2 is 2.11 bits per heavy atom. The van der Waals surface area contributed by atoms with Crippen molar-refractivity contribution in [2.75, 3.05) is 10.5 Å². The fraction of sp³-hybridized carbons (Fsp3) is 0.417. The molecule has 0 fully saturated rings. The molecule has 0 aliphatic carbocycles. The number of anilines is 1. The molecule has 0 bridgehead atoms. The second kappa shape index (κ2) is 5.83. The molecule has 98 valence electrons. The molecule has 1 N–H and O–H groups in total. The molecule has 4 nitrogen and oxygen atoms in total. The highest BCUT2D eigenvalue weighted by molar-refractivity contribution is 7.92. The number of hydrogen-bond donors (Lipinski definition) is 1. The Bertz CT molecular complexity index is 562. The third kappa shape index (κ3) is 4.34. The summed E-state index contributed by atoms with van der Waals surface area (Å²) < 4.78 is 38.8. The molecule has 1 aromatic rings. The van der Waals surface area contributed by atoms with Crippen LogP contribution in [0, 0.1) is 23.1 Å². The highest BCUT2D eigenvalue weighted by atomic mass is 32.2. The molecule has 0 atom stereocenters. The van der Waals surface area contributed by atoms with E-state index in [1.165, 1.54) is 12.1 Å². The number of nitriles is 1. The van der Waals surface area contributed by atoms with Crippen LogP contribution >= 0.6 is 0 Å². The Morgan fingerprint density at radius 1 is 1.44 bits per heavy atom. The van der Waals surface area contributed by atoms with E-state index in [1.807, 2.05) is 13.8 Å². The van der Waals surface area contributed by atoms with Crippen molar-refractivity contribution >= 4 is 15.7 Å². The zero-order valence-corrected chi connectivity index (χ0v) is 11.1. The summed E-state index contributed by atoms with van der Waals surface area (Å²) in [6.07, 6.45) is 0.543. The summed E-state index contributed by atoms with van der Waals surface area (Å²) in [6.45, 7) is 3.86. The van der Waals surface area contributed by atoms with Crippen LogP contribution in [0.5, 0.6) is 0 Å². The number of halogens is 1. The average molecular weight is 270 g/mol. The molecular formula is C12H15FN2O2S. The van der Waals surface area contributed by atoms with Gasteiger partial charge in [-0.3, -0.25) is 4.72 Å². The summed E-state index contributed by atoms with van der Waals surface area (Å²) >= 11 is 0. The zero-order valence-electron chi connectivity index (χ0n) is 10.3. The summed E-state index contributed by atoms with van der Waals surface area (Å²) in [5.74, 6) is -0.378. The van der Waals surface area contributed by atoms with Gasteiger partial charge in [-0.2, -0.15) is 5.26 Å². The van der Waals surface area contributed by atoms with Crippen LogP contribution < -0.4 is 4.72 Å². The summed E-state index contributed by atoms with van der Waals surface area (Å²) in [6, 6.07) is 5.21. The minimum Gasteiger partial charge on any atom is -0.284 e. The Morgan fingerprint density at radius 3 is 2.67 bits per heavy atom. The summed E-state index contributed by atoms with van der Waals surface area (Å²) in [4.78, 5) is 0. The van der Waals surface area contributed by atoms with E-state index in [2.05, 4.69) is 4.72 Å². The fourth-order valence-electron chi connectivity index (χ4n) is 1.30. The van der Waals surface area contributed by atoms with Gasteiger partial charge < -0.3 is 0 Å². The van der Waals surface area contributed by atoms with Crippen LogP contribution in [0.2, 0.25) is 0 Å². The molecule has 0 aromatic heterocycles. The summed E-state index contributed by atoms with van der Waals surface area (Å²) in [7, 11) is -3.45. The Balaban J connectivity index is 2.82. The molecule has 0 saturated carbocycles. The number of rotatable bonds is 5. The number of nitrogens with zero attached hydrogens (tertiary/aromatic N) is 1. The van der Waals surface area contributed by atoms with Gasteiger partial charge in [0.1, 0.15) is 11.9 Å². The molecule has 6 heteroatoms. The van der Waals surface area contributed by atoms with E-state index in [0.717, 1.165) is 6.07 Å². The van der Waals surface area contributed by atoms with Gasteiger partial charge in [0.25, 0.3) is 0 Å². The van der Waals surface area contributed by atoms with E-state index in [4.69, 9.17) is 5.26 Å². The molecule has 1 rings (SSSR count). The predicted octanol–water partition coefficient (Wildman–Crippen LogP) is 2.49. The molecule has 0 aliphatic rings. The predicted molar refractivity (Wildman–Crippen MR) is 68.0 cm³/mol. The summed E-state index contributed by atoms with van der Waals surface area (Å²) in [5, 5.41) is 8.65. The van der Waals surface area contributed by atoms with Crippen molar-refractivity contribution in [3.05, 3.63) is 29.6 Å². The smallest absolute Gasteiger partial charge is 0.232 e. The molecule has 0 saturated heterocycles.